The van der Waals surface area contributed by atoms with Crippen LogP contribution in [0.1, 0.15) is 11.5 Å². The maximum atomic E-state index is 4.43. The number of nitrogens with one attached hydrogen (secondary N) is 1. The van der Waals surface area contributed by atoms with E-state index in [0.29, 0.717) is 5.92 Å². The third-order valence-corrected chi connectivity index (χ3v) is 2.37. The molecule has 2 nitrogen and oxygen atoms in total. The molecule has 1 aromatic rings. The van der Waals surface area contributed by atoms with Gasteiger partial charge in [-0.3, -0.25) is 0 Å². The van der Waals surface area contributed by atoms with Gasteiger partial charge in [-0.05, 0) is 11.6 Å². The van der Waals surface area contributed by atoms with E-state index in [1.165, 1.54) is 5.56 Å². The lowest BCUT2D eigenvalue weighted by Gasteiger charge is -2.25. The minimum atomic E-state index is 0.589. The number of hydrogen-bond donors (Lipinski definition) is 1. The zero-order valence-electron chi connectivity index (χ0n) is 6.04. The van der Waals surface area contributed by atoms with Gasteiger partial charge in [-0.2, -0.15) is 0 Å². The summed E-state index contributed by atoms with van der Waals surface area (Å²) in [5, 5.41) is 3.20. The summed E-state index contributed by atoms with van der Waals surface area (Å²) < 4.78 is 0. The van der Waals surface area contributed by atoms with Crippen LogP contribution in [0.5, 0.6) is 0 Å². The topological polar surface area (TPSA) is 24.4 Å². The first-order valence-electron chi connectivity index (χ1n) is 3.86. The number of nitrogens with zero attached hydrogens (tertiary/aromatic N) is 1. The molecule has 0 bridgehead atoms. The van der Waals surface area contributed by atoms with Gasteiger partial charge >= 0.3 is 0 Å². The second-order valence-electron chi connectivity index (χ2n) is 2.99. The molecular formula is C9H8N2. The second kappa shape index (κ2) is 1.64. The Morgan fingerprint density at radius 1 is 1.36 bits per heavy atom. The molecule has 3 rings (SSSR count). The van der Waals surface area contributed by atoms with Crippen molar-refractivity contribution in [3.05, 3.63) is 29.8 Å². The van der Waals surface area contributed by atoms with Crippen molar-refractivity contribution in [3.8, 4) is 0 Å². The number of rotatable bonds is 0. The number of benzene rings is 1. The molecule has 54 valence electrons. The van der Waals surface area contributed by atoms with E-state index in [9.17, 15) is 0 Å². The van der Waals surface area contributed by atoms with Crippen LogP contribution in [-0.2, 0) is 0 Å². The van der Waals surface area contributed by atoms with Crippen LogP contribution in [0.4, 0.5) is 5.69 Å². The number of fused-ring (bicyclic) bond motifs is 3. The van der Waals surface area contributed by atoms with Crippen molar-refractivity contribution in [2.45, 2.75) is 5.92 Å². The number of amidine groups is 1. The highest BCUT2D eigenvalue weighted by Crippen LogP contribution is 2.37. The normalized spacial score (nSPS) is 24.4. The van der Waals surface area contributed by atoms with Crippen molar-refractivity contribution < 1.29 is 0 Å². The molecule has 1 fully saturated rings. The molecular weight excluding hydrogens is 136 g/mol. The fraction of sp³-hybridized carbons (Fsp3) is 0.222. The first-order chi connectivity index (χ1) is 5.45. The predicted octanol–water partition coefficient (Wildman–Crippen LogP) is 1.42. The molecule has 0 radical (unpaired) electrons. The molecule has 0 aliphatic carbocycles. The van der Waals surface area contributed by atoms with Gasteiger partial charge in [0.1, 0.15) is 5.84 Å². The first-order valence-corrected chi connectivity index (χ1v) is 3.86. The van der Waals surface area contributed by atoms with Crippen molar-refractivity contribution in [3.63, 3.8) is 0 Å². The zero-order chi connectivity index (χ0) is 7.26. The van der Waals surface area contributed by atoms with Gasteiger partial charge in [0.2, 0.25) is 0 Å². The third-order valence-electron chi connectivity index (χ3n) is 2.37. The van der Waals surface area contributed by atoms with E-state index in [4.69, 9.17) is 0 Å². The minimum absolute atomic E-state index is 0.589. The summed E-state index contributed by atoms with van der Waals surface area (Å²) in [6.45, 7) is 1.07. The van der Waals surface area contributed by atoms with Crippen LogP contribution in [0.2, 0.25) is 0 Å². The molecule has 0 aromatic heterocycles. The molecule has 1 N–H and O–H groups in total. The van der Waals surface area contributed by atoms with E-state index in [1.807, 2.05) is 6.07 Å². The summed E-state index contributed by atoms with van der Waals surface area (Å²) in [6.07, 6.45) is 0. The Kier molecular flexibility index (Phi) is 0.799. The molecule has 11 heavy (non-hydrogen) atoms. The van der Waals surface area contributed by atoms with E-state index in [1.54, 1.807) is 0 Å². The zero-order valence-corrected chi connectivity index (χ0v) is 6.04. The van der Waals surface area contributed by atoms with Crippen LogP contribution in [0.25, 0.3) is 0 Å². The maximum Gasteiger partial charge on any atom is 0.112 e. The van der Waals surface area contributed by atoms with Crippen LogP contribution < -0.4 is 5.32 Å². The average molecular weight is 144 g/mol. The fourth-order valence-corrected chi connectivity index (χ4v) is 1.68. The molecule has 0 unspecified atom stereocenters. The minimum Gasteiger partial charge on any atom is -0.372 e. The number of aliphatic imine (C=N–C) groups is 1. The lowest BCUT2D eigenvalue weighted by atomic mass is 9.94. The van der Waals surface area contributed by atoms with Crippen LogP contribution in [0.15, 0.2) is 29.3 Å². The predicted molar refractivity (Wildman–Crippen MR) is 44.3 cm³/mol. The van der Waals surface area contributed by atoms with Crippen LogP contribution >= 0.6 is 0 Å². The third kappa shape index (κ3) is 0.546. The Labute approximate surface area is 65.0 Å². The highest BCUT2D eigenvalue weighted by molar-refractivity contribution is 6.01. The smallest absolute Gasteiger partial charge is 0.112 e. The quantitative estimate of drug-likeness (QED) is 0.585. The largest absolute Gasteiger partial charge is 0.372 e. The summed E-state index contributed by atoms with van der Waals surface area (Å²) >= 11 is 0. The number of para-hydroxylation sites is 1. The van der Waals surface area contributed by atoms with Gasteiger partial charge in [0.05, 0.1) is 11.6 Å². The molecule has 1 aromatic carbocycles. The first kappa shape index (κ1) is 5.35. The summed E-state index contributed by atoms with van der Waals surface area (Å²) in [7, 11) is 0. The van der Waals surface area contributed by atoms with Crippen LogP contribution in [0, 0.1) is 0 Å². The van der Waals surface area contributed by atoms with Crippen molar-refractivity contribution in [2.24, 2.45) is 4.99 Å². The van der Waals surface area contributed by atoms with Crippen molar-refractivity contribution >= 4 is 11.5 Å². The van der Waals surface area contributed by atoms with E-state index in [-0.39, 0.29) is 0 Å². The summed E-state index contributed by atoms with van der Waals surface area (Å²) in [5.74, 6) is 1.75. The molecule has 0 amide bonds. The lowest BCUT2D eigenvalue weighted by molar-refractivity contribution is 0.704. The molecule has 1 atom stereocenters. The van der Waals surface area contributed by atoms with Crippen molar-refractivity contribution in [2.75, 3.05) is 6.54 Å². The van der Waals surface area contributed by atoms with Gasteiger partial charge in [0.25, 0.3) is 0 Å². The highest BCUT2D eigenvalue weighted by Gasteiger charge is 2.33. The summed E-state index contributed by atoms with van der Waals surface area (Å²) in [5.41, 5.74) is 2.54. The molecule has 0 saturated carbocycles. The van der Waals surface area contributed by atoms with Crippen molar-refractivity contribution in [1.29, 1.82) is 0 Å². The Hall–Kier alpha value is -1.31. The molecule has 2 aliphatic heterocycles. The monoisotopic (exact) mass is 144 g/mol. The summed E-state index contributed by atoms with van der Waals surface area (Å²) in [6, 6.07) is 8.35. The van der Waals surface area contributed by atoms with E-state index in [0.717, 1.165) is 18.1 Å². The van der Waals surface area contributed by atoms with Gasteiger partial charge in [-0.15, -0.1) is 0 Å². The van der Waals surface area contributed by atoms with Gasteiger partial charge < -0.3 is 5.32 Å². The Balaban J connectivity index is 2.23. The van der Waals surface area contributed by atoms with E-state index < -0.39 is 0 Å². The highest BCUT2D eigenvalue weighted by atomic mass is 15.1. The van der Waals surface area contributed by atoms with Gasteiger partial charge in [0, 0.05) is 6.54 Å². The molecule has 0 spiro atoms. The summed E-state index contributed by atoms with van der Waals surface area (Å²) in [4.78, 5) is 4.43. The fourth-order valence-electron chi connectivity index (χ4n) is 1.68. The second-order valence-corrected chi connectivity index (χ2v) is 2.99. The molecule has 2 aliphatic rings. The SMILES string of the molecule is c1ccc2c(c1)N=C1NC[C@@H]12. The lowest BCUT2D eigenvalue weighted by Crippen LogP contribution is -2.44. The van der Waals surface area contributed by atoms with Crippen molar-refractivity contribution in [1.82, 2.24) is 5.32 Å². The molecule has 2 heterocycles. The number of hydrogen-bond acceptors (Lipinski definition) is 2. The van der Waals surface area contributed by atoms with Crippen LogP contribution in [0.3, 0.4) is 0 Å². The maximum absolute atomic E-state index is 4.43. The Morgan fingerprint density at radius 2 is 2.27 bits per heavy atom. The van der Waals surface area contributed by atoms with Gasteiger partial charge in [0.15, 0.2) is 0 Å². The average Bonchev–Trinajstić information content (AvgIpc) is 2.23. The van der Waals surface area contributed by atoms with E-state index >= 15 is 0 Å². The van der Waals surface area contributed by atoms with Crippen LogP contribution in [-0.4, -0.2) is 12.4 Å². The standard InChI is InChI=1S/C9H8N2/c1-2-4-8-6(3-1)7-5-10-9(7)11-8/h1-4,7H,5H2,(H,10,11)/t7-/m1/s1. The Morgan fingerprint density at radius 3 is 3.09 bits per heavy atom. The molecule has 1 saturated heterocycles. The molecule has 2 heteroatoms. The van der Waals surface area contributed by atoms with Gasteiger partial charge in [-0.1, -0.05) is 18.2 Å². The van der Waals surface area contributed by atoms with E-state index in [2.05, 4.69) is 28.5 Å². The van der Waals surface area contributed by atoms with Gasteiger partial charge in [-0.25, -0.2) is 4.99 Å². The Bertz CT molecular complexity index is 341.